The van der Waals surface area contributed by atoms with Gasteiger partial charge >= 0.3 is 6.18 Å². The predicted molar refractivity (Wildman–Crippen MR) is 142 cm³/mol. The van der Waals surface area contributed by atoms with Crippen LogP contribution in [0.1, 0.15) is 43.6 Å². The van der Waals surface area contributed by atoms with Gasteiger partial charge in [-0.2, -0.15) is 13.2 Å². The molecule has 1 aromatic carbocycles. The van der Waals surface area contributed by atoms with Gasteiger partial charge < -0.3 is 19.8 Å². The third kappa shape index (κ3) is 8.51. The normalized spacial score (nSPS) is 12.6. The molecular weight excluding hydrogens is 497 g/mol. The fourth-order valence-corrected chi connectivity index (χ4v) is 3.56. The summed E-state index contributed by atoms with van der Waals surface area (Å²) in [4.78, 5) is 13.5. The quantitative estimate of drug-likeness (QED) is 0.162. The molecule has 8 nitrogen and oxygen atoms in total. The number of hydrogen-bond donors (Lipinski definition) is 2. The van der Waals surface area contributed by atoms with Crippen LogP contribution in [0.15, 0.2) is 61.0 Å². The van der Waals surface area contributed by atoms with Crippen LogP contribution in [-0.2, 0) is 28.7 Å². The van der Waals surface area contributed by atoms with Crippen molar-refractivity contribution in [3.05, 3.63) is 77.9 Å². The first-order chi connectivity index (χ1) is 18.2. The Morgan fingerprint density at radius 1 is 1.18 bits per heavy atom. The van der Waals surface area contributed by atoms with Gasteiger partial charge in [-0.1, -0.05) is 48.6 Å². The Kier molecular flexibility index (Phi) is 10.6. The Hall–Kier alpha value is -3.54. The van der Waals surface area contributed by atoms with E-state index in [1.807, 2.05) is 36.6 Å². The molecule has 204 valence electrons. The number of benzene rings is 1. The van der Waals surface area contributed by atoms with Crippen LogP contribution in [0.4, 0.5) is 19.0 Å². The monoisotopic (exact) mass is 530 g/mol. The second-order valence-electron chi connectivity index (χ2n) is 8.67. The van der Waals surface area contributed by atoms with Gasteiger partial charge in [0.1, 0.15) is 12.3 Å². The zero-order chi connectivity index (χ0) is 27.5. The molecule has 0 radical (unpaired) electrons. The number of halogens is 3. The number of fused-ring (bicyclic) bond motifs is 1. The molecule has 3 N–H and O–H groups in total. The third-order valence-corrected chi connectivity index (χ3v) is 5.50. The van der Waals surface area contributed by atoms with Crippen LogP contribution in [0.2, 0.25) is 0 Å². The molecule has 0 saturated heterocycles. The van der Waals surface area contributed by atoms with E-state index in [-0.39, 0.29) is 20.1 Å². The van der Waals surface area contributed by atoms with Crippen molar-refractivity contribution in [2.45, 2.75) is 46.0 Å². The molecule has 3 rings (SSSR count). The molecule has 0 aliphatic carbocycles. The summed E-state index contributed by atoms with van der Waals surface area (Å²) < 4.78 is 51.1. The lowest BCUT2D eigenvalue weighted by atomic mass is 10.1. The van der Waals surface area contributed by atoms with Gasteiger partial charge in [-0.25, -0.2) is 15.0 Å². The maximum atomic E-state index is 12.8. The van der Waals surface area contributed by atoms with Crippen LogP contribution in [0.25, 0.3) is 16.7 Å². The number of rotatable bonds is 14. The molecule has 0 aliphatic heterocycles. The minimum atomic E-state index is -4.35. The molecule has 0 bridgehead atoms. The molecule has 0 aliphatic rings. The minimum Gasteiger partial charge on any atom is -0.382 e. The van der Waals surface area contributed by atoms with E-state index in [0.29, 0.717) is 41.5 Å². The van der Waals surface area contributed by atoms with Crippen LogP contribution in [-0.4, -0.2) is 39.6 Å². The highest BCUT2D eigenvalue weighted by Gasteiger charge is 2.30. The summed E-state index contributed by atoms with van der Waals surface area (Å²) in [5.41, 5.74) is 9.00. The summed E-state index contributed by atoms with van der Waals surface area (Å²) in [5.74, 6) is 0.855. The number of nitrogens with zero attached hydrogens (tertiary/aromatic N) is 4. The number of hydrogen-bond acceptors (Lipinski definition) is 7. The Balaban J connectivity index is 1.38. The van der Waals surface area contributed by atoms with Crippen molar-refractivity contribution >= 4 is 22.6 Å². The average Bonchev–Trinajstić information content (AvgIpc) is 3.28. The van der Waals surface area contributed by atoms with E-state index in [0.717, 1.165) is 36.1 Å². The molecule has 11 heteroatoms. The summed E-state index contributed by atoms with van der Waals surface area (Å²) in [6, 6.07) is 5.18. The number of allylic oxidation sites excluding steroid dienone is 5. The number of nitrogens with one attached hydrogen (secondary N) is 1. The molecule has 0 spiro atoms. The van der Waals surface area contributed by atoms with E-state index in [4.69, 9.17) is 15.2 Å². The van der Waals surface area contributed by atoms with Crippen LogP contribution in [0.3, 0.4) is 0 Å². The average molecular weight is 531 g/mol. The smallest absolute Gasteiger partial charge is 0.382 e. The molecule has 3 aromatic rings. The predicted octanol–water partition coefficient (Wildman–Crippen LogP) is 5.48. The van der Waals surface area contributed by atoms with Crippen molar-refractivity contribution in [2.24, 2.45) is 0 Å². The minimum absolute atomic E-state index is 0.0839. The number of nitrogen functional groups attached to an aromatic ring is 1. The molecule has 38 heavy (non-hydrogen) atoms. The van der Waals surface area contributed by atoms with E-state index in [9.17, 15) is 13.2 Å². The van der Waals surface area contributed by atoms with E-state index >= 15 is 0 Å². The summed E-state index contributed by atoms with van der Waals surface area (Å²) in [6.45, 7) is 9.39. The van der Waals surface area contributed by atoms with Crippen molar-refractivity contribution in [3.8, 4) is 0 Å². The summed E-state index contributed by atoms with van der Waals surface area (Å²) in [7, 11) is 0. The van der Waals surface area contributed by atoms with E-state index in [1.54, 1.807) is 12.4 Å². The van der Waals surface area contributed by atoms with E-state index in [1.165, 1.54) is 6.07 Å². The number of unbranched alkanes of at least 4 members (excludes halogenated alkanes) is 1. The van der Waals surface area contributed by atoms with Crippen LogP contribution < -0.4 is 11.1 Å². The fraction of sp³-hybridized carbons (Fsp3) is 0.370. The Morgan fingerprint density at radius 3 is 2.74 bits per heavy atom. The first-order valence-electron chi connectivity index (χ1n) is 12.2. The number of alkyl halides is 3. The van der Waals surface area contributed by atoms with Gasteiger partial charge in [0.25, 0.3) is 0 Å². The van der Waals surface area contributed by atoms with Crippen LogP contribution in [0.5, 0.6) is 0 Å². The van der Waals surface area contributed by atoms with Crippen LogP contribution >= 0.6 is 0 Å². The highest BCUT2D eigenvalue weighted by Crippen LogP contribution is 2.29. The molecular formula is C27H33F3N6O2. The number of nitrogens with two attached hydrogens (primary N) is 1. The summed E-state index contributed by atoms with van der Waals surface area (Å²) in [5, 5.41) is 2.94. The molecule has 2 heterocycles. The SMILES string of the molecule is C=C(C)/C=C\C(=C/C)c1nc(N)c2ncn(CCCCOCOCNCc3cccc(C(F)(F)F)c3)c2n1. The highest BCUT2D eigenvalue weighted by atomic mass is 19.4. The lowest BCUT2D eigenvalue weighted by Crippen LogP contribution is -2.19. The Bertz CT molecular complexity index is 1280. The zero-order valence-electron chi connectivity index (χ0n) is 21.6. The van der Waals surface area contributed by atoms with Gasteiger partial charge in [0.05, 0.1) is 18.6 Å². The maximum Gasteiger partial charge on any atom is 0.416 e. The molecule has 0 unspecified atom stereocenters. The Morgan fingerprint density at radius 2 is 2.00 bits per heavy atom. The molecule has 0 atom stereocenters. The molecule has 0 amide bonds. The summed E-state index contributed by atoms with van der Waals surface area (Å²) in [6.07, 6.45) is 4.68. The van der Waals surface area contributed by atoms with E-state index < -0.39 is 11.7 Å². The topological polar surface area (TPSA) is 100 Å². The van der Waals surface area contributed by atoms with Gasteiger partial charge in [0.15, 0.2) is 17.3 Å². The molecule has 0 saturated carbocycles. The van der Waals surface area contributed by atoms with Crippen molar-refractivity contribution in [2.75, 3.05) is 25.9 Å². The largest absolute Gasteiger partial charge is 0.416 e. The van der Waals surface area contributed by atoms with Crippen molar-refractivity contribution in [1.29, 1.82) is 0 Å². The highest BCUT2D eigenvalue weighted by molar-refractivity contribution is 5.84. The second-order valence-corrected chi connectivity index (χ2v) is 8.67. The third-order valence-electron chi connectivity index (χ3n) is 5.50. The molecule has 2 aromatic heterocycles. The van der Waals surface area contributed by atoms with Gasteiger partial charge in [0.2, 0.25) is 0 Å². The van der Waals surface area contributed by atoms with Crippen LogP contribution in [0, 0.1) is 0 Å². The first-order valence-corrected chi connectivity index (χ1v) is 12.2. The summed E-state index contributed by atoms with van der Waals surface area (Å²) >= 11 is 0. The van der Waals surface area contributed by atoms with Crippen molar-refractivity contribution in [1.82, 2.24) is 24.8 Å². The zero-order valence-corrected chi connectivity index (χ0v) is 21.6. The van der Waals surface area contributed by atoms with Gasteiger partial charge in [0, 0.05) is 25.3 Å². The number of anilines is 1. The fourth-order valence-electron chi connectivity index (χ4n) is 3.56. The lowest BCUT2D eigenvalue weighted by molar-refractivity contribution is -0.137. The number of aromatic nitrogens is 4. The lowest BCUT2D eigenvalue weighted by Gasteiger charge is -2.10. The second kappa shape index (κ2) is 13.8. The van der Waals surface area contributed by atoms with Crippen molar-refractivity contribution in [3.63, 3.8) is 0 Å². The number of ether oxygens (including phenoxy) is 2. The standard InChI is InChI=1S/C27H33F3N6O2/c1-4-21(11-10-19(2)3)25-34-24(31)23-26(35-25)36(16-33-23)12-5-6-13-37-18-38-17-32-15-20-8-7-9-22(14-20)27(28,29)30/h4,7-11,14,16,32H,2,5-6,12-13,15,17-18H2,1,3H3,(H2,31,34,35)/b11-10-,21-4+. The maximum absolute atomic E-state index is 12.8. The Labute approximate surface area is 220 Å². The van der Waals surface area contributed by atoms with E-state index in [2.05, 4.69) is 26.8 Å². The first kappa shape index (κ1) is 29.0. The number of imidazole rings is 1. The van der Waals surface area contributed by atoms with Gasteiger partial charge in [-0.3, -0.25) is 5.32 Å². The number of aryl methyl sites for hydroxylation is 1. The molecule has 0 fully saturated rings. The van der Waals surface area contributed by atoms with Gasteiger partial charge in [-0.15, -0.1) is 0 Å². The van der Waals surface area contributed by atoms with Gasteiger partial charge in [-0.05, 0) is 38.3 Å². The van der Waals surface area contributed by atoms with Crippen molar-refractivity contribution < 1.29 is 22.6 Å².